The van der Waals surface area contributed by atoms with E-state index in [-0.39, 0.29) is 18.0 Å². The van der Waals surface area contributed by atoms with Gasteiger partial charge < -0.3 is 15.4 Å². The zero-order chi connectivity index (χ0) is 20.9. The van der Waals surface area contributed by atoms with Crippen molar-refractivity contribution in [2.24, 2.45) is 0 Å². The molecule has 0 bridgehead atoms. The lowest BCUT2D eigenvalue weighted by molar-refractivity contribution is -0.125. The highest BCUT2D eigenvalue weighted by Gasteiger charge is 2.41. The second kappa shape index (κ2) is 9.45. The van der Waals surface area contributed by atoms with E-state index < -0.39 is 0 Å². The van der Waals surface area contributed by atoms with E-state index >= 15 is 0 Å². The minimum atomic E-state index is -0.0842. The van der Waals surface area contributed by atoms with Gasteiger partial charge in [-0.15, -0.1) is 0 Å². The molecule has 1 aliphatic carbocycles. The summed E-state index contributed by atoms with van der Waals surface area (Å²) < 4.78 is 5.78. The molecule has 2 atom stereocenters. The monoisotopic (exact) mass is 405 g/mol. The minimum absolute atomic E-state index is 0.0842. The van der Waals surface area contributed by atoms with Gasteiger partial charge in [0.15, 0.2) is 0 Å². The summed E-state index contributed by atoms with van der Waals surface area (Å²) in [6.45, 7) is 5.82. The number of rotatable bonds is 8. The predicted octanol–water partition coefficient (Wildman–Crippen LogP) is 2.70. The maximum Gasteiger partial charge on any atom is 0.237 e. The zero-order valence-corrected chi connectivity index (χ0v) is 17.6. The Kier molecular flexibility index (Phi) is 6.50. The molecule has 1 fully saturated rings. The second-order valence-corrected chi connectivity index (χ2v) is 8.18. The van der Waals surface area contributed by atoms with Crippen LogP contribution in [0.1, 0.15) is 23.1 Å². The molecule has 2 aromatic carbocycles. The Morgan fingerprint density at radius 1 is 1.17 bits per heavy atom. The normalized spacial score (nSPS) is 21.4. The molecule has 0 spiro atoms. The number of hydrogen-bond donors (Lipinski definition) is 2. The Balaban J connectivity index is 1.42. The summed E-state index contributed by atoms with van der Waals surface area (Å²) in [6.07, 6.45) is 4.62. The molecule has 2 aromatic rings. The molecule has 2 aliphatic rings. The van der Waals surface area contributed by atoms with Gasteiger partial charge in [0, 0.05) is 37.8 Å². The van der Waals surface area contributed by atoms with Crippen LogP contribution < -0.4 is 15.4 Å². The molecule has 1 heterocycles. The zero-order valence-electron chi connectivity index (χ0n) is 17.6. The summed E-state index contributed by atoms with van der Waals surface area (Å²) in [6, 6.07) is 17.3. The number of hydrogen-bond acceptors (Lipinski definition) is 4. The third-order valence-electron chi connectivity index (χ3n) is 6.30. The lowest BCUT2D eigenvalue weighted by Gasteiger charge is -2.29. The van der Waals surface area contributed by atoms with E-state index in [1.54, 1.807) is 13.1 Å². The van der Waals surface area contributed by atoms with Crippen molar-refractivity contribution in [1.29, 1.82) is 0 Å². The Hall–Kier alpha value is -2.63. The topological polar surface area (TPSA) is 53.6 Å². The van der Waals surface area contributed by atoms with Crippen molar-refractivity contribution in [2.75, 3.05) is 20.2 Å². The number of carbonyl (C=O) groups is 1. The van der Waals surface area contributed by atoms with Crippen LogP contribution in [0.3, 0.4) is 0 Å². The van der Waals surface area contributed by atoms with Crippen molar-refractivity contribution in [3.05, 3.63) is 77.9 Å². The first-order valence-corrected chi connectivity index (χ1v) is 10.8. The highest BCUT2D eigenvalue weighted by Crippen LogP contribution is 2.31. The highest BCUT2D eigenvalue weighted by molar-refractivity contribution is 5.82. The Morgan fingerprint density at radius 3 is 2.57 bits per heavy atom. The van der Waals surface area contributed by atoms with Crippen LogP contribution in [0.2, 0.25) is 0 Å². The van der Waals surface area contributed by atoms with Crippen molar-refractivity contribution >= 4 is 5.91 Å². The fraction of sp³-hybridized carbons (Fsp3) is 0.400. The predicted molar refractivity (Wildman–Crippen MR) is 120 cm³/mol. The van der Waals surface area contributed by atoms with Crippen LogP contribution in [0.25, 0.3) is 0 Å². The van der Waals surface area contributed by atoms with E-state index in [2.05, 4.69) is 52.4 Å². The fourth-order valence-electron chi connectivity index (χ4n) is 4.80. The van der Waals surface area contributed by atoms with Crippen molar-refractivity contribution in [2.45, 2.75) is 43.9 Å². The molecule has 2 N–H and O–H groups in total. The smallest absolute Gasteiger partial charge is 0.237 e. The summed E-state index contributed by atoms with van der Waals surface area (Å²) in [5.41, 5.74) is 3.97. The van der Waals surface area contributed by atoms with Gasteiger partial charge >= 0.3 is 0 Å². The summed E-state index contributed by atoms with van der Waals surface area (Å²) in [4.78, 5) is 15.0. The lowest BCUT2D eigenvalue weighted by atomic mass is 10.1. The first-order chi connectivity index (χ1) is 14.7. The van der Waals surface area contributed by atoms with E-state index in [0.717, 1.165) is 43.7 Å². The van der Waals surface area contributed by atoms with E-state index in [0.29, 0.717) is 12.6 Å². The molecule has 0 aromatic heterocycles. The van der Waals surface area contributed by atoms with Crippen LogP contribution >= 0.6 is 0 Å². The molecule has 5 nitrogen and oxygen atoms in total. The number of nitrogens with zero attached hydrogens (tertiary/aromatic N) is 1. The average Bonchev–Trinajstić information content (AvgIpc) is 3.40. The van der Waals surface area contributed by atoms with E-state index in [9.17, 15) is 4.79 Å². The molecule has 1 aliphatic heterocycles. The van der Waals surface area contributed by atoms with Crippen LogP contribution in [0.5, 0.6) is 5.75 Å². The summed E-state index contributed by atoms with van der Waals surface area (Å²) in [7, 11) is 1.73. The van der Waals surface area contributed by atoms with Crippen molar-refractivity contribution < 1.29 is 9.53 Å². The molecule has 5 heteroatoms. The molecule has 0 radical (unpaired) electrons. The molecule has 4 rings (SSSR count). The number of benzene rings is 2. The molecule has 1 saturated heterocycles. The number of amides is 1. The van der Waals surface area contributed by atoms with Gasteiger partial charge in [0.05, 0.1) is 6.04 Å². The summed E-state index contributed by atoms with van der Waals surface area (Å²) in [5.74, 6) is 0.999. The van der Waals surface area contributed by atoms with Crippen molar-refractivity contribution in [1.82, 2.24) is 15.5 Å². The molecule has 30 heavy (non-hydrogen) atoms. The second-order valence-electron chi connectivity index (χ2n) is 8.18. The van der Waals surface area contributed by atoms with Gasteiger partial charge in [-0.05, 0) is 36.5 Å². The quantitative estimate of drug-likeness (QED) is 0.663. The first kappa shape index (κ1) is 20.6. The van der Waals surface area contributed by atoms with E-state index in [4.69, 9.17) is 4.74 Å². The third kappa shape index (κ3) is 4.42. The summed E-state index contributed by atoms with van der Waals surface area (Å²) >= 11 is 0. The minimum Gasteiger partial charge on any atom is -0.489 e. The molecule has 158 valence electrons. The molecular formula is C25H31N3O2. The standard InChI is InChI=1S/C25H31N3O2/c1-3-12-30-24-11-7-6-10-20(24)16-27-21-15-23(25(29)26-2)28(17-21)22-13-18-8-4-5-9-19(18)14-22/h3-11,21-23,27H,1,12-17H2,2H3,(H,26,29)/t21-,23-/m0/s1. The number of nitrogens with one attached hydrogen (secondary N) is 2. The van der Waals surface area contributed by atoms with Gasteiger partial charge in [0.2, 0.25) is 5.91 Å². The van der Waals surface area contributed by atoms with E-state index in [1.165, 1.54) is 11.1 Å². The Morgan fingerprint density at radius 2 is 1.87 bits per heavy atom. The number of para-hydroxylation sites is 1. The summed E-state index contributed by atoms with van der Waals surface area (Å²) in [5, 5.41) is 6.54. The van der Waals surface area contributed by atoms with Gasteiger partial charge in [-0.25, -0.2) is 0 Å². The third-order valence-corrected chi connectivity index (χ3v) is 6.30. The highest BCUT2D eigenvalue weighted by atomic mass is 16.5. The molecule has 0 unspecified atom stereocenters. The Labute approximate surface area is 179 Å². The number of likely N-dealkylation sites (tertiary alicyclic amines) is 1. The first-order valence-electron chi connectivity index (χ1n) is 10.8. The van der Waals surface area contributed by atoms with Crippen LogP contribution in [-0.4, -0.2) is 49.1 Å². The Bertz CT molecular complexity index is 872. The molecule has 1 amide bonds. The van der Waals surface area contributed by atoms with Crippen LogP contribution in [0.4, 0.5) is 0 Å². The SMILES string of the molecule is C=CCOc1ccccc1CN[C@H]1C[C@@H](C(=O)NC)N(C2Cc3ccccc3C2)C1. The average molecular weight is 406 g/mol. The fourth-order valence-corrected chi connectivity index (χ4v) is 4.80. The van der Waals surface area contributed by atoms with Crippen molar-refractivity contribution in [3.63, 3.8) is 0 Å². The largest absolute Gasteiger partial charge is 0.489 e. The van der Waals surface area contributed by atoms with Gasteiger partial charge in [-0.2, -0.15) is 0 Å². The van der Waals surface area contributed by atoms with Gasteiger partial charge in [0.1, 0.15) is 12.4 Å². The van der Waals surface area contributed by atoms with Gasteiger partial charge in [-0.3, -0.25) is 9.69 Å². The van der Waals surface area contributed by atoms with Crippen molar-refractivity contribution in [3.8, 4) is 5.75 Å². The number of carbonyl (C=O) groups excluding carboxylic acids is 1. The number of fused-ring (bicyclic) bond motifs is 1. The van der Waals surface area contributed by atoms with Gasteiger partial charge in [-0.1, -0.05) is 55.1 Å². The number of likely N-dealkylation sites (N-methyl/N-ethyl adjacent to an activating group) is 1. The van der Waals surface area contributed by atoms with E-state index in [1.807, 2.05) is 18.2 Å². The molecule has 0 saturated carbocycles. The van der Waals surface area contributed by atoms with Crippen LogP contribution in [-0.2, 0) is 24.2 Å². The van der Waals surface area contributed by atoms with Gasteiger partial charge in [0.25, 0.3) is 0 Å². The lowest BCUT2D eigenvalue weighted by Crippen LogP contribution is -2.47. The molecular weight excluding hydrogens is 374 g/mol. The maximum atomic E-state index is 12.6. The number of ether oxygens (including phenoxy) is 1. The maximum absolute atomic E-state index is 12.6. The van der Waals surface area contributed by atoms with Crippen LogP contribution in [0, 0.1) is 0 Å². The van der Waals surface area contributed by atoms with Crippen LogP contribution in [0.15, 0.2) is 61.2 Å².